The van der Waals surface area contributed by atoms with Crippen LogP contribution in [-0.2, 0) is 9.59 Å². The number of carboxylic acid groups (broad SMARTS) is 1. The van der Waals surface area contributed by atoms with E-state index in [0.717, 1.165) is 0 Å². The average Bonchev–Trinajstić information content (AvgIpc) is 2.34. The minimum absolute atomic E-state index is 0.302. The van der Waals surface area contributed by atoms with Crippen LogP contribution < -0.4 is 5.32 Å². The molecule has 0 bridgehead atoms. The van der Waals surface area contributed by atoms with Crippen LogP contribution in [0.15, 0.2) is 24.3 Å². The molecule has 0 fully saturated rings. The van der Waals surface area contributed by atoms with Crippen LogP contribution in [0.5, 0.6) is 0 Å². The summed E-state index contributed by atoms with van der Waals surface area (Å²) in [5, 5.41) is 9.79. The highest BCUT2D eigenvalue weighted by Crippen LogP contribution is 1.99. The molecule has 1 aromatic rings. The minimum atomic E-state index is -1.04. The standard InChI is InChI=1S/C8H10.C3H5NO3.C2H6/c1-7-3-5-8(2)6-4-7;5-2-4-1-3(6)7;1-2/h3-6H,1-2H3;2H,1H2,(H,4,5)(H,6,7);1-2H3. The van der Waals surface area contributed by atoms with E-state index < -0.39 is 5.97 Å². The summed E-state index contributed by atoms with van der Waals surface area (Å²) in [5.74, 6) is -1.04. The Bertz CT molecular complexity index is 286. The van der Waals surface area contributed by atoms with Gasteiger partial charge in [0.05, 0.1) is 0 Å². The van der Waals surface area contributed by atoms with E-state index >= 15 is 0 Å². The molecule has 0 aromatic heterocycles. The van der Waals surface area contributed by atoms with Gasteiger partial charge < -0.3 is 10.4 Å². The molecule has 96 valence electrons. The number of hydrogen-bond acceptors (Lipinski definition) is 2. The fourth-order valence-corrected chi connectivity index (χ4v) is 0.766. The van der Waals surface area contributed by atoms with E-state index in [4.69, 9.17) is 5.11 Å². The summed E-state index contributed by atoms with van der Waals surface area (Å²) in [7, 11) is 0. The second-order valence-corrected chi connectivity index (χ2v) is 3.05. The molecule has 4 heteroatoms. The summed E-state index contributed by atoms with van der Waals surface area (Å²) in [6.07, 6.45) is 0.341. The Morgan fingerprint density at radius 3 is 1.71 bits per heavy atom. The lowest BCUT2D eigenvalue weighted by atomic mass is 10.2. The molecule has 0 saturated heterocycles. The maximum Gasteiger partial charge on any atom is 0.322 e. The highest BCUT2D eigenvalue weighted by Gasteiger charge is 1.88. The zero-order chi connectivity index (χ0) is 13.7. The molecule has 0 aliphatic heterocycles. The van der Waals surface area contributed by atoms with Crippen molar-refractivity contribution in [2.24, 2.45) is 0 Å². The average molecular weight is 239 g/mol. The molecule has 0 atom stereocenters. The van der Waals surface area contributed by atoms with Crippen LogP contribution in [0.4, 0.5) is 0 Å². The molecule has 1 aromatic carbocycles. The van der Waals surface area contributed by atoms with E-state index in [1.807, 2.05) is 19.2 Å². The highest BCUT2D eigenvalue weighted by atomic mass is 16.4. The smallest absolute Gasteiger partial charge is 0.322 e. The van der Waals surface area contributed by atoms with Gasteiger partial charge >= 0.3 is 5.97 Å². The van der Waals surface area contributed by atoms with Crippen molar-refractivity contribution in [1.29, 1.82) is 0 Å². The third kappa shape index (κ3) is 14.2. The zero-order valence-corrected chi connectivity index (χ0v) is 10.9. The summed E-state index contributed by atoms with van der Waals surface area (Å²) in [5.41, 5.74) is 2.66. The predicted octanol–water partition coefficient (Wildman–Crippen LogP) is 2.15. The molecule has 0 spiro atoms. The van der Waals surface area contributed by atoms with E-state index in [2.05, 4.69) is 38.1 Å². The zero-order valence-electron chi connectivity index (χ0n) is 10.9. The van der Waals surface area contributed by atoms with Crippen molar-refractivity contribution < 1.29 is 14.7 Å². The van der Waals surface area contributed by atoms with Crippen molar-refractivity contribution in [3.63, 3.8) is 0 Å². The largest absolute Gasteiger partial charge is 0.480 e. The number of carbonyl (C=O) groups is 2. The monoisotopic (exact) mass is 239 g/mol. The van der Waals surface area contributed by atoms with Gasteiger partial charge in [-0.2, -0.15) is 0 Å². The normalized spacial score (nSPS) is 7.76. The minimum Gasteiger partial charge on any atom is -0.480 e. The lowest BCUT2D eigenvalue weighted by molar-refractivity contribution is -0.136. The SMILES string of the molecule is CC.Cc1ccc(C)cc1.O=CNCC(=O)O. The Hall–Kier alpha value is -1.84. The van der Waals surface area contributed by atoms with E-state index in [1.54, 1.807) is 0 Å². The molecule has 2 N–H and O–H groups in total. The number of amides is 1. The van der Waals surface area contributed by atoms with Crippen LogP contribution in [0.3, 0.4) is 0 Å². The van der Waals surface area contributed by atoms with Gasteiger partial charge in [0.25, 0.3) is 0 Å². The van der Waals surface area contributed by atoms with Crippen LogP contribution >= 0.6 is 0 Å². The first-order valence-electron chi connectivity index (χ1n) is 5.48. The van der Waals surface area contributed by atoms with Crippen LogP contribution in [0, 0.1) is 13.8 Å². The lowest BCUT2D eigenvalue weighted by Crippen LogP contribution is -2.20. The van der Waals surface area contributed by atoms with E-state index in [0.29, 0.717) is 6.41 Å². The van der Waals surface area contributed by atoms with Gasteiger partial charge in [-0.15, -0.1) is 0 Å². The summed E-state index contributed by atoms with van der Waals surface area (Å²) < 4.78 is 0. The highest BCUT2D eigenvalue weighted by molar-refractivity contribution is 5.71. The van der Waals surface area contributed by atoms with Gasteiger partial charge in [-0.3, -0.25) is 9.59 Å². The van der Waals surface area contributed by atoms with Crippen LogP contribution in [-0.4, -0.2) is 24.0 Å². The maximum atomic E-state index is 9.54. The molecule has 0 saturated carbocycles. The molecule has 17 heavy (non-hydrogen) atoms. The Morgan fingerprint density at radius 1 is 1.18 bits per heavy atom. The van der Waals surface area contributed by atoms with Crippen molar-refractivity contribution >= 4 is 12.4 Å². The molecular formula is C13H21NO3. The van der Waals surface area contributed by atoms with E-state index in [-0.39, 0.29) is 6.54 Å². The van der Waals surface area contributed by atoms with Gasteiger partial charge in [0.15, 0.2) is 0 Å². The van der Waals surface area contributed by atoms with Gasteiger partial charge in [-0.05, 0) is 13.8 Å². The van der Waals surface area contributed by atoms with Gasteiger partial charge in [-0.1, -0.05) is 49.2 Å². The van der Waals surface area contributed by atoms with Crippen molar-refractivity contribution in [1.82, 2.24) is 5.32 Å². The maximum absolute atomic E-state index is 9.54. The third-order valence-electron chi connectivity index (χ3n) is 1.55. The third-order valence-corrected chi connectivity index (χ3v) is 1.55. The van der Waals surface area contributed by atoms with Gasteiger partial charge in [-0.25, -0.2) is 0 Å². The summed E-state index contributed by atoms with van der Waals surface area (Å²) >= 11 is 0. The number of carbonyl (C=O) groups excluding carboxylic acids is 1. The fourth-order valence-electron chi connectivity index (χ4n) is 0.766. The number of benzene rings is 1. The fraction of sp³-hybridized carbons (Fsp3) is 0.385. The summed E-state index contributed by atoms with van der Waals surface area (Å²) in [6.45, 7) is 7.89. The van der Waals surface area contributed by atoms with Crippen molar-refractivity contribution in [3.8, 4) is 0 Å². The summed E-state index contributed by atoms with van der Waals surface area (Å²) in [6, 6.07) is 8.48. The number of hydrogen-bond donors (Lipinski definition) is 2. The number of nitrogens with one attached hydrogen (secondary N) is 1. The van der Waals surface area contributed by atoms with Gasteiger partial charge in [0.1, 0.15) is 6.54 Å². The number of carboxylic acids is 1. The molecule has 0 radical (unpaired) electrons. The van der Waals surface area contributed by atoms with Crippen LogP contribution in [0.1, 0.15) is 25.0 Å². The Kier molecular flexibility index (Phi) is 12.6. The van der Waals surface area contributed by atoms with Crippen LogP contribution in [0.25, 0.3) is 0 Å². The Morgan fingerprint density at radius 2 is 1.53 bits per heavy atom. The predicted molar refractivity (Wildman–Crippen MR) is 69.0 cm³/mol. The lowest BCUT2D eigenvalue weighted by Gasteiger charge is -1.90. The van der Waals surface area contributed by atoms with Crippen molar-refractivity contribution in [2.75, 3.05) is 6.54 Å². The first-order chi connectivity index (χ1) is 8.06. The first kappa shape index (κ1) is 17.6. The molecule has 0 aliphatic carbocycles. The van der Waals surface area contributed by atoms with Crippen molar-refractivity contribution in [2.45, 2.75) is 27.7 Å². The molecule has 1 rings (SSSR count). The van der Waals surface area contributed by atoms with Gasteiger partial charge in [0, 0.05) is 0 Å². The quantitative estimate of drug-likeness (QED) is 0.794. The molecule has 1 amide bonds. The summed E-state index contributed by atoms with van der Waals surface area (Å²) in [4.78, 5) is 18.9. The Labute approximate surface area is 103 Å². The number of aliphatic carboxylic acids is 1. The number of aryl methyl sites for hydroxylation is 2. The molecular weight excluding hydrogens is 218 g/mol. The van der Waals surface area contributed by atoms with Gasteiger partial charge in [0.2, 0.25) is 6.41 Å². The first-order valence-corrected chi connectivity index (χ1v) is 5.48. The van der Waals surface area contributed by atoms with Crippen molar-refractivity contribution in [3.05, 3.63) is 35.4 Å². The number of rotatable bonds is 3. The van der Waals surface area contributed by atoms with E-state index in [1.165, 1.54) is 11.1 Å². The topological polar surface area (TPSA) is 66.4 Å². The molecule has 0 unspecified atom stereocenters. The molecule has 4 nitrogen and oxygen atoms in total. The van der Waals surface area contributed by atoms with E-state index in [9.17, 15) is 9.59 Å². The Balaban J connectivity index is 0. The second kappa shape index (κ2) is 12.2. The van der Waals surface area contributed by atoms with Crippen LogP contribution in [0.2, 0.25) is 0 Å². The molecule has 0 heterocycles. The second-order valence-electron chi connectivity index (χ2n) is 3.05. The molecule has 0 aliphatic rings.